The van der Waals surface area contributed by atoms with E-state index in [-0.39, 0.29) is 0 Å². The van der Waals surface area contributed by atoms with Crippen LogP contribution in [-0.2, 0) is 6.54 Å². The molecule has 1 aliphatic carbocycles. The first-order valence-electron chi connectivity index (χ1n) is 6.80. The Balaban J connectivity index is 1.67. The minimum absolute atomic E-state index is 0.552. The predicted octanol–water partition coefficient (Wildman–Crippen LogP) is 2.54. The molecule has 100 valence electrons. The number of benzene rings is 1. The smallest absolute Gasteiger partial charge is 0.258 e. The highest BCUT2D eigenvalue weighted by atomic mass is 16.5. The Morgan fingerprint density at radius 3 is 3.05 bits per heavy atom. The molecule has 2 heterocycles. The third kappa shape index (κ3) is 2.16. The molecule has 5 heteroatoms. The molecule has 1 fully saturated rings. The molecule has 20 heavy (non-hydrogen) atoms. The lowest BCUT2D eigenvalue weighted by Gasteiger charge is -2.00. The van der Waals surface area contributed by atoms with E-state index < -0.39 is 0 Å². The van der Waals surface area contributed by atoms with Crippen molar-refractivity contribution >= 4 is 10.9 Å². The lowest BCUT2D eigenvalue weighted by Crippen LogP contribution is -2.16. The molecule has 0 saturated heterocycles. The second kappa shape index (κ2) is 4.68. The van der Waals surface area contributed by atoms with Gasteiger partial charge in [0, 0.05) is 23.2 Å². The summed E-state index contributed by atoms with van der Waals surface area (Å²) in [6.45, 7) is 0.664. The molecule has 1 aromatic carbocycles. The minimum atomic E-state index is 0.552. The molecule has 1 saturated carbocycles. The van der Waals surface area contributed by atoms with E-state index in [9.17, 15) is 0 Å². The molecule has 1 aliphatic rings. The second-order valence-electron chi connectivity index (χ2n) is 5.05. The molecule has 1 N–H and O–H groups in total. The van der Waals surface area contributed by atoms with E-state index >= 15 is 0 Å². The van der Waals surface area contributed by atoms with E-state index in [1.807, 2.05) is 30.3 Å². The first kappa shape index (κ1) is 11.5. The second-order valence-corrected chi connectivity index (χ2v) is 5.05. The number of rotatable bonds is 4. The Kier molecular flexibility index (Phi) is 2.70. The molecule has 2 aromatic heterocycles. The summed E-state index contributed by atoms with van der Waals surface area (Å²) < 4.78 is 5.38. The van der Waals surface area contributed by atoms with Crippen molar-refractivity contribution in [2.24, 2.45) is 0 Å². The highest BCUT2D eigenvalue weighted by Crippen LogP contribution is 2.26. The van der Waals surface area contributed by atoms with Crippen molar-refractivity contribution in [3.63, 3.8) is 0 Å². The summed E-state index contributed by atoms with van der Waals surface area (Å²) >= 11 is 0. The molecule has 0 amide bonds. The van der Waals surface area contributed by atoms with Crippen LogP contribution in [0.25, 0.3) is 22.4 Å². The molecule has 5 nitrogen and oxygen atoms in total. The van der Waals surface area contributed by atoms with Crippen molar-refractivity contribution in [2.45, 2.75) is 25.4 Å². The molecule has 4 rings (SSSR count). The molecule has 0 unspecified atom stereocenters. The summed E-state index contributed by atoms with van der Waals surface area (Å²) in [5, 5.41) is 8.44. The number of hydrogen-bond acceptors (Lipinski definition) is 5. The van der Waals surface area contributed by atoms with Crippen molar-refractivity contribution in [3.05, 3.63) is 42.4 Å². The Morgan fingerprint density at radius 1 is 1.20 bits per heavy atom. The van der Waals surface area contributed by atoms with Gasteiger partial charge in [0.2, 0.25) is 0 Å². The highest BCUT2D eigenvalue weighted by Gasteiger charge is 2.21. The van der Waals surface area contributed by atoms with Crippen molar-refractivity contribution in [3.8, 4) is 11.5 Å². The zero-order valence-electron chi connectivity index (χ0n) is 10.9. The van der Waals surface area contributed by atoms with Crippen molar-refractivity contribution in [2.75, 3.05) is 0 Å². The van der Waals surface area contributed by atoms with Gasteiger partial charge in [0.15, 0.2) is 5.82 Å². The van der Waals surface area contributed by atoms with Crippen molar-refractivity contribution in [1.82, 2.24) is 20.4 Å². The molecular weight excluding hydrogens is 252 g/mol. The van der Waals surface area contributed by atoms with Gasteiger partial charge in [-0.25, -0.2) is 0 Å². The van der Waals surface area contributed by atoms with Gasteiger partial charge in [-0.05, 0) is 31.0 Å². The van der Waals surface area contributed by atoms with Crippen LogP contribution < -0.4 is 5.32 Å². The minimum Gasteiger partial charge on any atom is -0.334 e. The maximum absolute atomic E-state index is 5.38. The first-order valence-corrected chi connectivity index (χ1v) is 6.80. The molecule has 3 aromatic rings. The Hall–Kier alpha value is -2.27. The van der Waals surface area contributed by atoms with Crippen LogP contribution in [0.15, 0.2) is 41.1 Å². The maximum Gasteiger partial charge on any atom is 0.258 e. The number of fused-ring (bicyclic) bond motifs is 1. The average Bonchev–Trinajstić information content (AvgIpc) is 3.21. The topological polar surface area (TPSA) is 63.8 Å². The Labute approximate surface area is 116 Å². The molecule has 0 atom stereocenters. The number of aromatic nitrogens is 3. The van der Waals surface area contributed by atoms with Gasteiger partial charge in [-0.2, -0.15) is 4.98 Å². The Morgan fingerprint density at radius 2 is 2.15 bits per heavy atom. The number of nitrogens with zero attached hydrogens (tertiary/aromatic N) is 3. The van der Waals surface area contributed by atoms with Gasteiger partial charge < -0.3 is 9.84 Å². The fraction of sp³-hybridized carbons (Fsp3) is 0.267. The summed E-state index contributed by atoms with van der Waals surface area (Å²) in [6.07, 6.45) is 4.28. The van der Waals surface area contributed by atoms with Crippen LogP contribution in [0, 0.1) is 0 Å². The number of hydrogen-bond donors (Lipinski definition) is 1. The van der Waals surface area contributed by atoms with Crippen LogP contribution in [0.3, 0.4) is 0 Å². The third-order valence-electron chi connectivity index (χ3n) is 3.47. The zero-order valence-corrected chi connectivity index (χ0v) is 10.9. The van der Waals surface area contributed by atoms with Crippen LogP contribution in [0.1, 0.15) is 18.7 Å². The van der Waals surface area contributed by atoms with Crippen LogP contribution in [0.2, 0.25) is 0 Å². The summed E-state index contributed by atoms with van der Waals surface area (Å²) in [7, 11) is 0. The van der Waals surface area contributed by atoms with E-state index in [1.165, 1.54) is 12.8 Å². The average molecular weight is 266 g/mol. The van der Waals surface area contributed by atoms with Crippen LogP contribution in [-0.4, -0.2) is 21.2 Å². The quantitative estimate of drug-likeness (QED) is 0.786. The largest absolute Gasteiger partial charge is 0.334 e. The Bertz CT molecular complexity index is 743. The van der Waals surface area contributed by atoms with E-state index in [2.05, 4.69) is 20.4 Å². The van der Waals surface area contributed by atoms with Gasteiger partial charge >= 0.3 is 0 Å². The fourth-order valence-electron chi connectivity index (χ4n) is 2.25. The molecule has 0 spiro atoms. The van der Waals surface area contributed by atoms with Gasteiger partial charge in [-0.3, -0.25) is 4.98 Å². The normalized spacial score (nSPS) is 14.8. The predicted molar refractivity (Wildman–Crippen MR) is 74.9 cm³/mol. The van der Waals surface area contributed by atoms with E-state index in [4.69, 9.17) is 4.52 Å². The van der Waals surface area contributed by atoms with E-state index in [0.717, 1.165) is 16.5 Å². The maximum atomic E-state index is 5.38. The van der Waals surface area contributed by atoms with E-state index in [0.29, 0.717) is 24.3 Å². The molecule has 0 radical (unpaired) electrons. The van der Waals surface area contributed by atoms with Crippen molar-refractivity contribution in [1.29, 1.82) is 0 Å². The molecular formula is C15H14N4O. The van der Waals surface area contributed by atoms with Crippen LogP contribution in [0.5, 0.6) is 0 Å². The third-order valence-corrected chi connectivity index (χ3v) is 3.47. The summed E-state index contributed by atoms with van der Waals surface area (Å²) in [5.41, 5.74) is 1.86. The molecule has 0 bridgehead atoms. The van der Waals surface area contributed by atoms with Gasteiger partial charge in [-0.1, -0.05) is 17.3 Å². The SMILES string of the molecule is c1cc(-c2nc(CNC3CC3)no2)c2cccnc2c1. The van der Waals surface area contributed by atoms with Crippen LogP contribution >= 0.6 is 0 Å². The number of nitrogens with one attached hydrogen (secondary N) is 1. The standard InChI is InChI=1S/C15H14N4O/c1-3-12(11-4-2-8-16-13(11)5-1)15-18-14(19-20-15)9-17-10-6-7-10/h1-5,8,10,17H,6-7,9H2. The first-order chi connectivity index (χ1) is 9.90. The van der Waals surface area contributed by atoms with Gasteiger partial charge in [-0.15, -0.1) is 0 Å². The van der Waals surface area contributed by atoms with Crippen LogP contribution in [0.4, 0.5) is 0 Å². The molecule has 0 aliphatic heterocycles. The highest BCUT2D eigenvalue weighted by molar-refractivity contribution is 5.92. The summed E-state index contributed by atoms with van der Waals surface area (Å²) in [4.78, 5) is 8.80. The van der Waals surface area contributed by atoms with E-state index in [1.54, 1.807) is 6.20 Å². The van der Waals surface area contributed by atoms with Gasteiger partial charge in [0.1, 0.15) is 0 Å². The van der Waals surface area contributed by atoms with Crippen molar-refractivity contribution < 1.29 is 4.52 Å². The summed E-state index contributed by atoms with van der Waals surface area (Å²) in [6, 6.07) is 10.5. The lowest BCUT2D eigenvalue weighted by molar-refractivity contribution is 0.419. The zero-order chi connectivity index (χ0) is 13.4. The fourth-order valence-corrected chi connectivity index (χ4v) is 2.25. The van der Waals surface area contributed by atoms with Gasteiger partial charge in [0.25, 0.3) is 5.89 Å². The number of pyridine rings is 1. The summed E-state index contributed by atoms with van der Waals surface area (Å²) in [5.74, 6) is 1.25. The lowest BCUT2D eigenvalue weighted by atomic mass is 10.1. The van der Waals surface area contributed by atoms with Gasteiger partial charge in [0.05, 0.1) is 12.1 Å². The monoisotopic (exact) mass is 266 g/mol.